The second kappa shape index (κ2) is 9.45. The zero-order chi connectivity index (χ0) is 20.8. The maximum atomic E-state index is 12.9. The Morgan fingerprint density at radius 1 is 1.14 bits per heavy atom. The van der Waals surface area contributed by atoms with Crippen LogP contribution in [0.5, 0.6) is 11.5 Å². The van der Waals surface area contributed by atoms with E-state index in [0.717, 1.165) is 10.4 Å². The van der Waals surface area contributed by atoms with E-state index in [-0.39, 0.29) is 18.6 Å². The van der Waals surface area contributed by atoms with Gasteiger partial charge in [-0.05, 0) is 47.3 Å². The first-order chi connectivity index (χ1) is 14.0. The highest BCUT2D eigenvalue weighted by atomic mass is 35.5. The minimum atomic E-state index is -0.601. The lowest BCUT2D eigenvalue weighted by Gasteiger charge is -2.19. The Hall–Kier alpha value is -3.03. The van der Waals surface area contributed by atoms with E-state index in [1.165, 1.54) is 7.11 Å². The number of carbonyl (C=O) groups excluding carboxylic acids is 2. The molecule has 2 amide bonds. The molecule has 150 valence electrons. The van der Waals surface area contributed by atoms with Crippen LogP contribution in [0.2, 0.25) is 5.02 Å². The predicted octanol–water partition coefficient (Wildman–Crippen LogP) is 3.79. The fourth-order valence-electron chi connectivity index (χ4n) is 2.72. The molecule has 3 N–H and O–H groups in total. The summed E-state index contributed by atoms with van der Waals surface area (Å²) in [6.07, 6.45) is 0. The maximum absolute atomic E-state index is 12.9. The van der Waals surface area contributed by atoms with Crippen molar-refractivity contribution >= 4 is 34.8 Å². The Morgan fingerprint density at radius 3 is 2.52 bits per heavy atom. The van der Waals surface area contributed by atoms with Crippen LogP contribution in [0.3, 0.4) is 0 Å². The number of halogens is 1. The van der Waals surface area contributed by atoms with E-state index in [1.807, 2.05) is 29.6 Å². The smallest absolute Gasteiger partial charge is 0.255 e. The van der Waals surface area contributed by atoms with Gasteiger partial charge in [-0.1, -0.05) is 29.8 Å². The summed E-state index contributed by atoms with van der Waals surface area (Å²) in [5, 5.41) is 5.63. The highest BCUT2D eigenvalue weighted by Gasteiger charge is 2.20. The second-order valence-electron chi connectivity index (χ2n) is 6.09. The van der Waals surface area contributed by atoms with Crippen LogP contribution in [0.4, 0.5) is 0 Å². The van der Waals surface area contributed by atoms with E-state index >= 15 is 0 Å². The molecule has 29 heavy (non-hydrogen) atoms. The van der Waals surface area contributed by atoms with Crippen molar-refractivity contribution in [3.8, 4) is 11.5 Å². The number of primary amides is 1. The van der Waals surface area contributed by atoms with E-state index in [4.69, 9.17) is 26.8 Å². The molecule has 0 aliphatic rings. The van der Waals surface area contributed by atoms with Crippen LogP contribution in [-0.4, -0.2) is 25.5 Å². The number of methoxy groups -OCH3 is 1. The first kappa shape index (κ1) is 20.7. The van der Waals surface area contributed by atoms with Gasteiger partial charge in [0.1, 0.15) is 0 Å². The molecule has 0 aliphatic heterocycles. The minimum absolute atomic E-state index is 0.279. The van der Waals surface area contributed by atoms with Crippen LogP contribution in [0.15, 0.2) is 60.0 Å². The highest BCUT2D eigenvalue weighted by molar-refractivity contribution is 7.10. The Morgan fingerprint density at radius 2 is 1.90 bits per heavy atom. The summed E-state index contributed by atoms with van der Waals surface area (Å²) >= 11 is 7.55. The van der Waals surface area contributed by atoms with Crippen molar-refractivity contribution in [1.82, 2.24) is 5.32 Å². The number of hydrogen-bond acceptors (Lipinski definition) is 5. The molecule has 1 heterocycles. The summed E-state index contributed by atoms with van der Waals surface area (Å²) < 4.78 is 10.6. The second-order valence-corrected chi connectivity index (χ2v) is 7.51. The Labute approximate surface area is 177 Å². The van der Waals surface area contributed by atoms with E-state index < -0.39 is 5.91 Å². The monoisotopic (exact) mass is 430 g/mol. The van der Waals surface area contributed by atoms with Gasteiger partial charge in [-0.2, -0.15) is 0 Å². The molecule has 0 bridgehead atoms. The molecule has 6 nitrogen and oxygen atoms in total. The number of benzene rings is 2. The van der Waals surface area contributed by atoms with Gasteiger partial charge >= 0.3 is 0 Å². The molecule has 0 fully saturated rings. The number of ether oxygens (including phenoxy) is 2. The van der Waals surface area contributed by atoms with Gasteiger partial charge in [0.05, 0.1) is 13.2 Å². The Bertz CT molecular complexity index is 990. The number of carbonyl (C=O) groups is 2. The van der Waals surface area contributed by atoms with E-state index in [0.29, 0.717) is 22.1 Å². The Balaban J connectivity index is 1.84. The van der Waals surface area contributed by atoms with Gasteiger partial charge in [0.2, 0.25) is 0 Å². The third-order valence-corrected chi connectivity index (χ3v) is 5.29. The summed E-state index contributed by atoms with van der Waals surface area (Å²) in [5.41, 5.74) is 6.41. The normalized spacial score (nSPS) is 11.5. The van der Waals surface area contributed by atoms with Crippen LogP contribution < -0.4 is 20.5 Å². The number of nitrogens with one attached hydrogen (secondary N) is 1. The molecule has 0 aliphatic carbocycles. The fourth-order valence-corrected chi connectivity index (χ4v) is 3.65. The van der Waals surface area contributed by atoms with Gasteiger partial charge in [0, 0.05) is 15.5 Å². The van der Waals surface area contributed by atoms with Gasteiger partial charge in [-0.25, -0.2) is 0 Å². The SMILES string of the molecule is COc1cc(C(=O)NC(c2ccc(Cl)cc2)c2cccs2)ccc1OCC(N)=O. The average Bonchev–Trinajstić information content (AvgIpc) is 3.25. The number of amides is 2. The topological polar surface area (TPSA) is 90.7 Å². The maximum Gasteiger partial charge on any atom is 0.255 e. The van der Waals surface area contributed by atoms with Crippen molar-refractivity contribution in [1.29, 1.82) is 0 Å². The largest absolute Gasteiger partial charge is 0.493 e. The van der Waals surface area contributed by atoms with Crippen molar-refractivity contribution in [3.63, 3.8) is 0 Å². The molecule has 3 aromatic rings. The molecule has 0 radical (unpaired) electrons. The van der Waals surface area contributed by atoms with E-state index in [9.17, 15) is 9.59 Å². The molecule has 0 saturated carbocycles. The fraction of sp³-hybridized carbons (Fsp3) is 0.143. The van der Waals surface area contributed by atoms with Crippen molar-refractivity contribution in [2.24, 2.45) is 5.73 Å². The molecule has 1 aromatic heterocycles. The number of nitrogens with two attached hydrogens (primary N) is 1. The standard InChI is InChI=1S/C21H19ClN2O4S/c1-27-17-11-14(6-9-16(17)28-12-19(23)25)21(26)24-20(18-3-2-10-29-18)13-4-7-15(22)8-5-13/h2-11,20H,12H2,1H3,(H2,23,25)(H,24,26). The average molecular weight is 431 g/mol. The zero-order valence-electron chi connectivity index (χ0n) is 15.6. The van der Waals surface area contributed by atoms with Crippen molar-refractivity contribution in [2.75, 3.05) is 13.7 Å². The van der Waals surface area contributed by atoms with Crippen LogP contribution in [-0.2, 0) is 4.79 Å². The van der Waals surface area contributed by atoms with Crippen LogP contribution in [0, 0.1) is 0 Å². The third-order valence-electron chi connectivity index (χ3n) is 4.10. The van der Waals surface area contributed by atoms with E-state index in [2.05, 4.69) is 5.32 Å². The van der Waals surface area contributed by atoms with E-state index in [1.54, 1.807) is 41.7 Å². The molecule has 1 unspecified atom stereocenters. The first-order valence-corrected chi connectivity index (χ1v) is 9.92. The molecular formula is C21H19ClN2O4S. The molecular weight excluding hydrogens is 412 g/mol. The number of hydrogen-bond donors (Lipinski definition) is 2. The van der Waals surface area contributed by atoms with Gasteiger partial charge < -0.3 is 20.5 Å². The molecule has 1 atom stereocenters. The molecule has 3 rings (SSSR count). The van der Waals surface area contributed by atoms with Crippen molar-refractivity contribution in [2.45, 2.75) is 6.04 Å². The van der Waals surface area contributed by atoms with Crippen molar-refractivity contribution < 1.29 is 19.1 Å². The van der Waals surface area contributed by atoms with Gasteiger partial charge in [-0.3, -0.25) is 9.59 Å². The van der Waals surface area contributed by atoms with Crippen molar-refractivity contribution in [3.05, 3.63) is 81.0 Å². The van der Waals surface area contributed by atoms with Crippen LogP contribution in [0.25, 0.3) is 0 Å². The summed E-state index contributed by atoms with van der Waals surface area (Å²) in [6.45, 7) is -0.279. The quantitative estimate of drug-likeness (QED) is 0.568. The molecule has 0 saturated heterocycles. The molecule has 8 heteroatoms. The predicted molar refractivity (Wildman–Crippen MR) is 113 cm³/mol. The van der Waals surface area contributed by atoms with Gasteiger partial charge in [-0.15, -0.1) is 11.3 Å². The summed E-state index contributed by atoms with van der Waals surface area (Å²) in [7, 11) is 1.45. The lowest BCUT2D eigenvalue weighted by atomic mass is 10.0. The zero-order valence-corrected chi connectivity index (χ0v) is 17.1. The first-order valence-electron chi connectivity index (χ1n) is 8.67. The third kappa shape index (κ3) is 5.28. The minimum Gasteiger partial charge on any atom is -0.493 e. The van der Waals surface area contributed by atoms with Crippen LogP contribution >= 0.6 is 22.9 Å². The lowest BCUT2D eigenvalue weighted by Crippen LogP contribution is -2.28. The summed E-state index contributed by atoms with van der Waals surface area (Å²) in [4.78, 5) is 24.8. The summed E-state index contributed by atoms with van der Waals surface area (Å²) in [6, 6.07) is 15.6. The molecule has 2 aromatic carbocycles. The number of thiophene rings is 1. The number of rotatable bonds is 8. The highest BCUT2D eigenvalue weighted by Crippen LogP contribution is 2.30. The van der Waals surface area contributed by atoms with Crippen LogP contribution in [0.1, 0.15) is 26.8 Å². The molecule has 0 spiro atoms. The Kier molecular flexibility index (Phi) is 6.74. The van der Waals surface area contributed by atoms with Gasteiger partial charge in [0.15, 0.2) is 18.1 Å². The van der Waals surface area contributed by atoms with Gasteiger partial charge in [0.25, 0.3) is 11.8 Å². The lowest BCUT2D eigenvalue weighted by molar-refractivity contribution is -0.119. The summed E-state index contributed by atoms with van der Waals surface area (Å²) in [5.74, 6) is -0.220.